The highest BCUT2D eigenvalue weighted by Gasteiger charge is 2.15. The number of rotatable bonds is 6. The van der Waals surface area contributed by atoms with Gasteiger partial charge in [-0.25, -0.2) is 0 Å². The van der Waals surface area contributed by atoms with Crippen LogP contribution in [0.1, 0.15) is 47.7 Å². The number of nitrogens with zero attached hydrogens (tertiary/aromatic N) is 3. The Morgan fingerprint density at radius 2 is 1.81 bits per heavy atom. The van der Waals surface area contributed by atoms with E-state index in [1.807, 2.05) is 54.1 Å². The van der Waals surface area contributed by atoms with Crippen molar-refractivity contribution in [3.63, 3.8) is 0 Å². The van der Waals surface area contributed by atoms with E-state index in [2.05, 4.69) is 34.7 Å². The first-order valence-electron chi connectivity index (χ1n) is 8.61. The Bertz CT molecular complexity index is 875. The lowest BCUT2D eigenvalue weighted by Gasteiger charge is -2.20. The monoisotopic (exact) mass is 349 g/mol. The summed E-state index contributed by atoms with van der Waals surface area (Å²) >= 11 is 0. The van der Waals surface area contributed by atoms with Gasteiger partial charge >= 0.3 is 0 Å². The van der Waals surface area contributed by atoms with Gasteiger partial charge in [0.15, 0.2) is 0 Å². The topological polar surface area (TPSA) is 71.8 Å². The van der Waals surface area contributed by atoms with Gasteiger partial charge in [0, 0.05) is 24.3 Å². The molecule has 0 radical (unpaired) electrons. The van der Waals surface area contributed by atoms with Crippen molar-refractivity contribution in [2.24, 2.45) is 7.05 Å². The molecule has 0 aliphatic carbocycles. The number of hydrogen-bond acceptors (Lipinski definition) is 4. The minimum atomic E-state index is -0.115. The number of nitrogens with one attached hydrogen (secondary N) is 2. The highest BCUT2D eigenvalue weighted by atomic mass is 16.1. The molecule has 1 amide bonds. The molecule has 0 saturated carbocycles. The second kappa shape index (κ2) is 7.93. The fourth-order valence-corrected chi connectivity index (χ4v) is 2.91. The van der Waals surface area contributed by atoms with Gasteiger partial charge in [-0.05, 0) is 43.7 Å². The minimum absolute atomic E-state index is 0.0556. The standard InChI is InChI=1S/C20H23N5O/c1-14(22-15(2)19-24-21-13-25(19)3)17-10-7-11-18(12-17)23-20(26)16-8-5-4-6-9-16/h4-15,22H,1-3H3,(H,23,26). The predicted molar refractivity (Wildman–Crippen MR) is 102 cm³/mol. The van der Waals surface area contributed by atoms with E-state index in [-0.39, 0.29) is 18.0 Å². The molecule has 134 valence electrons. The van der Waals surface area contributed by atoms with Crippen LogP contribution in [0.25, 0.3) is 0 Å². The van der Waals surface area contributed by atoms with Crippen molar-refractivity contribution in [1.82, 2.24) is 20.1 Å². The quantitative estimate of drug-likeness (QED) is 0.715. The zero-order valence-electron chi connectivity index (χ0n) is 15.2. The summed E-state index contributed by atoms with van der Waals surface area (Å²) in [5.74, 6) is 0.765. The third-order valence-corrected chi connectivity index (χ3v) is 4.31. The number of carbonyl (C=O) groups excluding carboxylic acids is 1. The van der Waals surface area contributed by atoms with Crippen LogP contribution < -0.4 is 10.6 Å². The third kappa shape index (κ3) is 4.15. The molecule has 26 heavy (non-hydrogen) atoms. The summed E-state index contributed by atoms with van der Waals surface area (Å²) in [5.41, 5.74) is 2.50. The lowest BCUT2D eigenvalue weighted by Crippen LogP contribution is -2.24. The van der Waals surface area contributed by atoms with Crippen molar-refractivity contribution in [2.75, 3.05) is 5.32 Å². The molecule has 2 aromatic carbocycles. The number of carbonyl (C=O) groups is 1. The van der Waals surface area contributed by atoms with Crippen molar-refractivity contribution in [3.05, 3.63) is 77.9 Å². The van der Waals surface area contributed by atoms with Crippen LogP contribution in [0.5, 0.6) is 0 Å². The summed E-state index contributed by atoms with van der Waals surface area (Å²) in [6.45, 7) is 4.15. The van der Waals surface area contributed by atoms with Gasteiger partial charge in [-0.15, -0.1) is 10.2 Å². The molecule has 3 aromatic rings. The maximum atomic E-state index is 12.3. The van der Waals surface area contributed by atoms with E-state index >= 15 is 0 Å². The van der Waals surface area contributed by atoms with Crippen molar-refractivity contribution >= 4 is 11.6 Å². The van der Waals surface area contributed by atoms with Crippen LogP contribution in [0, 0.1) is 0 Å². The van der Waals surface area contributed by atoms with Gasteiger partial charge in [0.25, 0.3) is 5.91 Å². The summed E-state index contributed by atoms with van der Waals surface area (Å²) < 4.78 is 1.90. The predicted octanol–water partition coefficient (Wildman–Crippen LogP) is 3.48. The highest BCUT2D eigenvalue weighted by Crippen LogP contribution is 2.21. The van der Waals surface area contributed by atoms with Gasteiger partial charge in [-0.1, -0.05) is 30.3 Å². The first-order chi connectivity index (χ1) is 12.5. The summed E-state index contributed by atoms with van der Waals surface area (Å²) in [5, 5.41) is 14.5. The third-order valence-electron chi connectivity index (χ3n) is 4.31. The molecular weight excluding hydrogens is 326 g/mol. The molecule has 0 fully saturated rings. The van der Waals surface area contributed by atoms with Gasteiger partial charge in [-0.2, -0.15) is 0 Å². The molecule has 2 N–H and O–H groups in total. The molecular formula is C20H23N5O. The first kappa shape index (κ1) is 17.8. The molecule has 2 atom stereocenters. The van der Waals surface area contributed by atoms with E-state index in [1.165, 1.54) is 0 Å². The first-order valence-corrected chi connectivity index (χ1v) is 8.61. The Labute approximate surface area is 153 Å². The lowest BCUT2D eigenvalue weighted by atomic mass is 10.1. The van der Waals surface area contributed by atoms with Crippen LogP contribution in [0.3, 0.4) is 0 Å². The Morgan fingerprint density at radius 3 is 2.50 bits per heavy atom. The molecule has 3 rings (SSSR count). The van der Waals surface area contributed by atoms with E-state index in [4.69, 9.17) is 0 Å². The van der Waals surface area contributed by atoms with Gasteiger partial charge < -0.3 is 15.2 Å². The summed E-state index contributed by atoms with van der Waals surface area (Å²) in [4.78, 5) is 12.3. The lowest BCUT2D eigenvalue weighted by molar-refractivity contribution is 0.102. The number of amides is 1. The average molecular weight is 349 g/mol. The highest BCUT2D eigenvalue weighted by molar-refractivity contribution is 6.04. The molecule has 0 spiro atoms. The Balaban J connectivity index is 1.68. The number of hydrogen-bond donors (Lipinski definition) is 2. The molecule has 0 saturated heterocycles. The number of aryl methyl sites for hydroxylation is 1. The van der Waals surface area contributed by atoms with Crippen LogP contribution in [0.2, 0.25) is 0 Å². The molecule has 6 nitrogen and oxygen atoms in total. The zero-order chi connectivity index (χ0) is 18.5. The van der Waals surface area contributed by atoms with Crippen molar-refractivity contribution in [2.45, 2.75) is 25.9 Å². The molecule has 1 aromatic heterocycles. The molecule has 0 bridgehead atoms. The smallest absolute Gasteiger partial charge is 0.255 e. The van der Waals surface area contributed by atoms with Crippen molar-refractivity contribution in [3.8, 4) is 0 Å². The zero-order valence-corrected chi connectivity index (χ0v) is 15.2. The minimum Gasteiger partial charge on any atom is -0.322 e. The molecule has 2 unspecified atom stereocenters. The molecule has 0 aliphatic heterocycles. The molecule has 1 heterocycles. The van der Waals surface area contributed by atoms with Crippen LogP contribution in [-0.2, 0) is 7.05 Å². The largest absolute Gasteiger partial charge is 0.322 e. The van der Waals surface area contributed by atoms with Crippen LogP contribution in [-0.4, -0.2) is 20.7 Å². The average Bonchev–Trinajstić information content (AvgIpc) is 3.08. The van der Waals surface area contributed by atoms with E-state index in [0.29, 0.717) is 5.56 Å². The number of anilines is 1. The molecule has 0 aliphatic rings. The van der Waals surface area contributed by atoms with Crippen LogP contribution >= 0.6 is 0 Å². The van der Waals surface area contributed by atoms with Gasteiger partial charge in [0.05, 0.1) is 6.04 Å². The Morgan fingerprint density at radius 1 is 1.04 bits per heavy atom. The molecule has 6 heteroatoms. The SMILES string of the molecule is CC(NC(C)c1nncn1C)c1cccc(NC(=O)c2ccccc2)c1. The van der Waals surface area contributed by atoms with E-state index in [0.717, 1.165) is 17.1 Å². The maximum absolute atomic E-state index is 12.3. The van der Waals surface area contributed by atoms with Gasteiger partial charge in [-0.3, -0.25) is 4.79 Å². The second-order valence-corrected chi connectivity index (χ2v) is 6.36. The fraction of sp³-hybridized carbons (Fsp3) is 0.250. The number of benzene rings is 2. The van der Waals surface area contributed by atoms with Crippen LogP contribution in [0.4, 0.5) is 5.69 Å². The van der Waals surface area contributed by atoms with E-state index in [9.17, 15) is 4.79 Å². The van der Waals surface area contributed by atoms with Gasteiger partial charge in [0.2, 0.25) is 0 Å². The van der Waals surface area contributed by atoms with E-state index < -0.39 is 0 Å². The Hall–Kier alpha value is -2.99. The van der Waals surface area contributed by atoms with E-state index in [1.54, 1.807) is 18.5 Å². The normalized spacial score (nSPS) is 13.2. The summed E-state index contributed by atoms with van der Waals surface area (Å²) in [6.07, 6.45) is 1.69. The van der Waals surface area contributed by atoms with Gasteiger partial charge in [0.1, 0.15) is 12.2 Å². The van der Waals surface area contributed by atoms with Crippen molar-refractivity contribution in [1.29, 1.82) is 0 Å². The van der Waals surface area contributed by atoms with Crippen LogP contribution in [0.15, 0.2) is 60.9 Å². The summed E-state index contributed by atoms with van der Waals surface area (Å²) in [7, 11) is 1.93. The number of aromatic nitrogens is 3. The second-order valence-electron chi connectivity index (χ2n) is 6.36. The fourth-order valence-electron chi connectivity index (χ4n) is 2.91. The maximum Gasteiger partial charge on any atom is 0.255 e. The summed E-state index contributed by atoms with van der Waals surface area (Å²) in [6, 6.07) is 17.2. The van der Waals surface area contributed by atoms with Crippen molar-refractivity contribution < 1.29 is 4.79 Å². The Kier molecular flexibility index (Phi) is 5.43.